The minimum Gasteiger partial charge on any atom is -0.303 e. The molecule has 5 heteroatoms. The Hall–Kier alpha value is -3.47. The van der Waals surface area contributed by atoms with Crippen molar-refractivity contribution in [2.24, 2.45) is 0 Å². The highest BCUT2D eigenvalue weighted by Crippen LogP contribution is 2.20. The van der Waals surface area contributed by atoms with Gasteiger partial charge in [-0.1, -0.05) is 48.5 Å². The van der Waals surface area contributed by atoms with E-state index < -0.39 is 0 Å². The second-order valence-corrected chi connectivity index (χ2v) is 6.10. The molecule has 0 fully saturated rings. The van der Waals surface area contributed by atoms with Gasteiger partial charge in [-0.25, -0.2) is 9.50 Å². The first-order valence-electron chi connectivity index (χ1n) is 8.44. The third-order valence-electron chi connectivity index (χ3n) is 4.25. The Morgan fingerprint density at radius 2 is 1.69 bits per heavy atom. The first kappa shape index (κ1) is 16.0. The van der Waals surface area contributed by atoms with Crippen molar-refractivity contribution < 1.29 is 4.79 Å². The summed E-state index contributed by atoms with van der Waals surface area (Å²) >= 11 is 0. The lowest BCUT2D eigenvalue weighted by Gasteiger charge is -2.23. The molecule has 4 aromatic rings. The van der Waals surface area contributed by atoms with Crippen LogP contribution < -0.4 is 4.90 Å². The average molecular weight is 342 g/mol. The minimum atomic E-state index is -0.133. The van der Waals surface area contributed by atoms with E-state index in [2.05, 4.69) is 10.1 Å². The molecule has 2 aromatic carbocycles. The second kappa shape index (κ2) is 6.80. The van der Waals surface area contributed by atoms with Crippen LogP contribution in [0.5, 0.6) is 0 Å². The average Bonchev–Trinajstić information content (AvgIpc) is 3.16. The number of rotatable bonds is 4. The maximum absolute atomic E-state index is 13.3. The van der Waals surface area contributed by atoms with Gasteiger partial charge in [0.2, 0.25) is 0 Å². The zero-order valence-corrected chi connectivity index (χ0v) is 14.4. The largest absolute Gasteiger partial charge is 0.303 e. The van der Waals surface area contributed by atoms with Crippen LogP contribution in [0.2, 0.25) is 0 Å². The third kappa shape index (κ3) is 3.07. The molecule has 4 rings (SSSR count). The monoisotopic (exact) mass is 342 g/mol. The molecule has 1 amide bonds. The van der Waals surface area contributed by atoms with Gasteiger partial charge in [-0.2, -0.15) is 5.10 Å². The molecule has 0 aliphatic rings. The quantitative estimate of drug-likeness (QED) is 0.565. The lowest BCUT2D eigenvalue weighted by Crippen LogP contribution is -2.31. The molecule has 0 unspecified atom stereocenters. The van der Waals surface area contributed by atoms with Crippen LogP contribution in [0, 0.1) is 6.92 Å². The summed E-state index contributed by atoms with van der Waals surface area (Å²) in [5.41, 5.74) is 3.86. The van der Waals surface area contributed by atoms with Gasteiger partial charge >= 0.3 is 0 Å². The fourth-order valence-electron chi connectivity index (χ4n) is 2.97. The first-order valence-corrected chi connectivity index (χ1v) is 8.44. The van der Waals surface area contributed by atoms with Gasteiger partial charge in [0.05, 0.1) is 12.7 Å². The Labute approximate surface area is 151 Å². The molecule has 0 spiro atoms. The number of nitrogens with zero attached hydrogens (tertiary/aromatic N) is 4. The van der Waals surface area contributed by atoms with E-state index in [1.54, 1.807) is 27.7 Å². The lowest BCUT2D eigenvalue weighted by atomic mass is 10.1. The summed E-state index contributed by atoms with van der Waals surface area (Å²) < 4.78 is 1.72. The van der Waals surface area contributed by atoms with Gasteiger partial charge in [0.15, 0.2) is 5.65 Å². The van der Waals surface area contributed by atoms with E-state index in [0.717, 1.165) is 16.9 Å². The molecule has 0 saturated carbocycles. The summed E-state index contributed by atoms with van der Waals surface area (Å²) in [5, 5.41) is 4.22. The summed E-state index contributed by atoms with van der Waals surface area (Å²) in [6.45, 7) is 2.40. The molecule has 2 aromatic heterocycles. The van der Waals surface area contributed by atoms with Crippen LogP contribution in [-0.2, 0) is 6.54 Å². The number of carbonyl (C=O) groups excluding carboxylic acids is 1. The molecule has 0 bridgehead atoms. The molecule has 0 saturated heterocycles. The molecule has 5 nitrogen and oxygen atoms in total. The van der Waals surface area contributed by atoms with E-state index in [-0.39, 0.29) is 5.91 Å². The van der Waals surface area contributed by atoms with Crippen molar-refractivity contribution in [3.05, 3.63) is 95.9 Å². The molecule has 0 N–H and O–H groups in total. The summed E-state index contributed by atoms with van der Waals surface area (Å²) in [7, 11) is 0. The number of amides is 1. The molecule has 2 heterocycles. The lowest BCUT2D eigenvalue weighted by molar-refractivity contribution is 0.0980. The van der Waals surface area contributed by atoms with Crippen LogP contribution in [0.25, 0.3) is 5.65 Å². The Morgan fingerprint density at radius 3 is 2.42 bits per heavy atom. The topological polar surface area (TPSA) is 50.5 Å². The van der Waals surface area contributed by atoms with E-state index in [1.165, 1.54) is 0 Å². The zero-order valence-electron chi connectivity index (χ0n) is 14.4. The maximum Gasteiger partial charge on any atom is 0.277 e. The van der Waals surface area contributed by atoms with E-state index in [0.29, 0.717) is 17.9 Å². The van der Waals surface area contributed by atoms with Crippen LogP contribution in [0.4, 0.5) is 5.69 Å². The number of fused-ring (bicyclic) bond motifs is 1. The first-order chi connectivity index (χ1) is 12.7. The van der Waals surface area contributed by atoms with Crippen molar-refractivity contribution in [1.29, 1.82) is 0 Å². The number of para-hydroxylation sites is 1. The van der Waals surface area contributed by atoms with Gasteiger partial charge in [0, 0.05) is 17.4 Å². The van der Waals surface area contributed by atoms with Crippen molar-refractivity contribution in [2.75, 3.05) is 4.90 Å². The Morgan fingerprint density at radius 1 is 1.00 bits per heavy atom. The summed E-state index contributed by atoms with van der Waals surface area (Å²) in [4.78, 5) is 19.5. The molecular weight excluding hydrogens is 324 g/mol. The van der Waals surface area contributed by atoms with Crippen LogP contribution in [0.1, 0.15) is 21.7 Å². The number of anilines is 1. The number of hydrogen-bond acceptors (Lipinski definition) is 3. The predicted octanol–water partition coefficient (Wildman–Crippen LogP) is 3.88. The van der Waals surface area contributed by atoms with Crippen LogP contribution >= 0.6 is 0 Å². The predicted molar refractivity (Wildman–Crippen MR) is 101 cm³/mol. The number of hydrogen-bond donors (Lipinski definition) is 0. The number of aryl methyl sites for hydroxylation is 1. The van der Waals surface area contributed by atoms with Crippen molar-refractivity contribution in [3.63, 3.8) is 0 Å². The summed E-state index contributed by atoms with van der Waals surface area (Å²) in [6, 6.07) is 23.2. The second-order valence-electron chi connectivity index (χ2n) is 6.10. The maximum atomic E-state index is 13.3. The molecule has 0 aliphatic heterocycles. The minimum absolute atomic E-state index is 0.133. The highest BCUT2D eigenvalue weighted by molar-refractivity contribution is 6.05. The molecule has 128 valence electrons. The SMILES string of the molecule is Cc1cc(C(=O)N(Cc2ccccc2)c2ccccc2)nc2ccnn12. The number of aromatic nitrogens is 3. The molecule has 26 heavy (non-hydrogen) atoms. The van der Waals surface area contributed by atoms with Crippen molar-refractivity contribution in [2.45, 2.75) is 13.5 Å². The van der Waals surface area contributed by atoms with Gasteiger partial charge in [0.1, 0.15) is 5.69 Å². The smallest absolute Gasteiger partial charge is 0.277 e. The fourth-order valence-corrected chi connectivity index (χ4v) is 2.97. The van der Waals surface area contributed by atoms with Gasteiger partial charge < -0.3 is 4.90 Å². The Bertz CT molecular complexity index is 1040. The van der Waals surface area contributed by atoms with Gasteiger partial charge in [-0.3, -0.25) is 4.79 Å². The van der Waals surface area contributed by atoms with Gasteiger partial charge in [-0.05, 0) is 30.7 Å². The van der Waals surface area contributed by atoms with Crippen LogP contribution in [0.3, 0.4) is 0 Å². The number of benzene rings is 2. The number of carbonyl (C=O) groups is 1. The molecule has 0 aliphatic carbocycles. The van der Waals surface area contributed by atoms with Crippen molar-refractivity contribution in [3.8, 4) is 0 Å². The molecule has 0 radical (unpaired) electrons. The standard InChI is InChI=1S/C21H18N4O/c1-16-14-19(23-20-12-13-22-25(16)20)21(26)24(18-10-6-3-7-11-18)15-17-8-4-2-5-9-17/h2-14H,15H2,1H3. The van der Waals surface area contributed by atoms with Crippen molar-refractivity contribution in [1.82, 2.24) is 14.6 Å². The normalized spacial score (nSPS) is 10.8. The van der Waals surface area contributed by atoms with E-state index >= 15 is 0 Å². The van der Waals surface area contributed by atoms with Gasteiger partial charge in [-0.15, -0.1) is 0 Å². The van der Waals surface area contributed by atoms with Gasteiger partial charge in [0.25, 0.3) is 5.91 Å². The molecular formula is C21H18N4O. The van der Waals surface area contributed by atoms with Crippen LogP contribution in [-0.4, -0.2) is 20.5 Å². The highest BCUT2D eigenvalue weighted by atomic mass is 16.2. The Kier molecular flexibility index (Phi) is 4.19. The summed E-state index contributed by atoms with van der Waals surface area (Å²) in [5.74, 6) is -0.133. The molecule has 0 atom stereocenters. The van der Waals surface area contributed by atoms with E-state index in [1.807, 2.05) is 67.6 Å². The zero-order chi connectivity index (χ0) is 17.9. The Balaban J connectivity index is 1.75. The summed E-state index contributed by atoms with van der Waals surface area (Å²) in [6.07, 6.45) is 1.68. The third-order valence-corrected chi connectivity index (χ3v) is 4.25. The van der Waals surface area contributed by atoms with E-state index in [9.17, 15) is 4.79 Å². The van der Waals surface area contributed by atoms with Crippen molar-refractivity contribution >= 4 is 17.2 Å². The highest BCUT2D eigenvalue weighted by Gasteiger charge is 2.20. The fraction of sp³-hybridized carbons (Fsp3) is 0.0952. The van der Waals surface area contributed by atoms with Crippen LogP contribution in [0.15, 0.2) is 79.0 Å². The van der Waals surface area contributed by atoms with E-state index in [4.69, 9.17) is 0 Å².